The number of nitrogens with zero attached hydrogens (tertiary/aromatic N) is 1. The molecule has 0 radical (unpaired) electrons. The van der Waals surface area contributed by atoms with E-state index in [1.807, 2.05) is 18.2 Å². The quantitative estimate of drug-likeness (QED) is 0.532. The Morgan fingerprint density at radius 1 is 1.11 bits per heavy atom. The molecule has 0 aliphatic heterocycles. The molecule has 3 aromatic rings. The summed E-state index contributed by atoms with van der Waals surface area (Å²) in [6.45, 7) is 0.335. The Kier molecular flexibility index (Phi) is 6.20. The van der Waals surface area contributed by atoms with E-state index in [-0.39, 0.29) is 0 Å². The van der Waals surface area contributed by atoms with Crippen LogP contribution >= 0.6 is 23.5 Å². The Morgan fingerprint density at radius 3 is 2.41 bits per heavy atom. The normalized spacial score (nSPS) is 10.9. The van der Waals surface area contributed by atoms with Crippen LogP contribution in [0, 0.1) is 0 Å². The number of nitrogens with one attached hydrogen (secondary N) is 1. The van der Waals surface area contributed by atoms with Crippen molar-refractivity contribution in [2.75, 3.05) is 33.2 Å². The van der Waals surface area contributed by atoms with Crippen molar-refractivity contribution in [3.63, 3.8) is 0 Å². The van der Waals surface area contributed by atoms with E-state index >= 15 is 0 Å². The van der Waals surface area contributed by atoms with Crippen LogP contribution in [0.25, 0.3) is 11.0 Å². The Hall–Kier alpha value is -2.29. The highest BCUT2D eigenvalue weighted by Crippen LogP contribution is 2.43. The maximum Gasteiger partial charge on any atom is 0.191 e. The molecule has 3 rings (SSSR count). The molecular formula is C18H19ClN2O5S. The lowest BCUT2D eigenvalue weighted by atomic mass is 10.1. The van der Waals surface area contributed by atoms with E-state index in [1.54, 1.807) is 34.5 Å². The van der Waals surface area contributed by atoms with E-state index < -0.39 is 0 Å². The largest absolute Gasteiger partial charge is 0.495 e. The third-order valence-corrected chi connectivity index (χ3v) is 5.18. The lowest BCUT2D eigenvalue weighted by Gasteiger charge is -2.13. The van der Waals surface area contributed by atoms with Crippen LogP contribution in [-0.2, 0) is 11.3 Å². The van der Waals surface area contributed by atoms with Crippen molar-refractivity contribution in [3.05, 3.63) is 34.9 Å². The van der Waals surface area contributed by atoms with Gasteiger partial charge in [0.15, 0.2) is 17.2 Å². The van der Waals surface area contributed by atoms with Crippen LogP contribution in [0.4, 0.5) is 5.82 Å². The molecule has 0 spiro atoms. The van der Waals surface area contributed by atoms with Crippen LogP contribution in [-0.4, -0.2) is 33.6 Å². The number of fused-ring (bicyclic) bond motifs is 1. The molecule has 2 aromatic carbocycles. The number of anilines is 1. The molecule has 1 N–H and O–H groups in total. The van der Waals surface area contributed by atoms with Gasteiger partial charge in [0, 0.05) is 12.7 Å². The molecular weight excluding hydrogens is 392 g/mol. The van der Waals surface area contributed by atoms with Crippen LogP contribution in [0.15, 0.2) is 33.7 Å². The van der Waals surface area contributed by atoms with Gasteiger partial charge in [0.1, 0.15) is 21.8 Å². The van der Waals surface area contributed by atoms with Crippen molar-refractivity contribution in [1.29, 1.82) is 0 Å². The van der Waals surface area contributed by atoms with Gasteiger partial charge in [-0.3, -0.25) is 0 Å². The molecule has 0 saturated carbocycles. The van der Waals surface area contributed by atoms with Crippen molar-refractivity contribution >= 4 is 40.3 Å². The number of halogens is 1. The zero-order valence-corrected chi connectivity index (χ0v) is 16.9. The lowest BCUT2D eigenvalue weighted by molar-refractivity contribution is 0.184. The number of rotatable bonds is 8. The number of benzene rings is 2. The van der Waals surface area contributed by atoms with Gasteiger partial charge in [-0.2, -0.15) is 0 Å². The SMILES string of the molecule is COCc1cc2onc(NSc3c(OC)cccc3OC)c2c(OC)c1Cl. The molecule has 27 heavy (non-hydrogen) atoms. The van der Waals surface area contributed by atoms with Gasteiger partial charge in [-0.1, -0.05) is 22.8 Å². The predicted octanol–water partition coefficient (Wildman–Crippen LogP) is 4.77. The van der Waals surface area contributed by atoms with Crippen molar-refractivity contribution in [2.24, 2.45) is 0 Å². The summed E-state index contributed by atoms with van der Waals surface area (Å²) < 4.78 is 30.1. The molecule has 1 heterocycles. The Labute approximate surface area is 166 Å². The van der Waals surface area contributed by atoms with Crippen LogP contribution in [0.2, 0.25) is 5.02 Å². The number of hydrogen-bond acceptors (Lipinski definition) is 8. The summed E-state index contributed by atoms with van der Waals surface area (Å²) in [6, 6.07) is 7.34. The standard InChI is InChI=1S/C18H19ClN2O5S/c1-22-9-10-8-13-14(16(25-4)15(10)19)18(20-26-13)21-27-17-11(23-2)6-5-7-12(17)24-3/h5-8H,9H2,1-4H3,(H,20,21). The van der Waals surface area contributed by atoms with Crippen molar-refractivity contribution in [2.45, 2.75) is 11.5 Å². The summed E-state index contributed by atoms with van der Waals surface area (Å²) in [4.78, 5) is 0.778. The van der Waals surface area contributed by atoms with E-state index in [1.165, 1.54) is 11.9 Å². The summed E-state index contributed by atoms with van der Waals surface area (Å²) >= 11 is 7.75. The second-order valence-electron chi connectivity index (χ2n) is 5.42. The zero-order chi connectivity index (χ0) is 19.4. The monoisotopic (exact) mass is 410 g/mol. The van der Waals surface area contributed by atoms with Gasteiger partial charge in [0.25, 0.3) is 0 Å². The van der Waals surface area contributed by atoms with E-state index in [9.17, 15) is 0 Å². The van der Waals surface area contributed by atoms with Gasteiger partial charge in [0.2, 0.25) is 0 Å². The number of hydrogen-bond donors (Lipinski definition) is 1. The summed E-state index contributed by atoms with van der Waals surface area (Å²) in [5.74, 6) is 2.29. The third-order valence-electron chi connectivity index (χ3n) is 3.87. The van der Waals surface area contributed by atoms with Gasteiger partial charge >= 0.3 is 0 Å². The predicted molar refractivity (Wildman–Crippen MR) is 105 cm³/mol. The summed E-state index contributed by atoms with van der Waals surface area (Å²) in [5, 5.41) is 5.20. The molecule has 0 unspecified atom stereocenters. The second-order valence-corrected chi connectivity index (χ2v) is 6.61. The first-order chi connectivity index (χ1) is 13.1. The molecule has 0 amide bonds. The fraction of sp³-hybridized carbons (Fsp3) is 0.278. The van der Waals surface area contributed by atoms with Crippen LogP contribution in [0.3, 0.4) is 0 Å². The Bertz CT molecular complexity index is 925. The number of methoxy groups -OCH3 is 4. The summed E-state index contributed by atoms with van der Waals surface area (Å²) in [6.07, 6.45) is 0. The minimum Gasteiger partial charge on any atom is -0.495 e. The highest BCUT2D eigenvalue weighted by molar-refractivity contribution is 8.00. The molecule has 144 valence electrons. The van der Waals surface area contributed by atoms with Gasteiger partial charge in [-0.25, -0.2) is 0 Å². The highest BCUT2D eigenvalue weighted by atomic mass is 35.5. The van der Waals surface area contributed by atoms with E-state index in [4.69, 9.17) is 35.1 Å². The lowest BCUT2D eigenvalue weighted by Crippen LogP contribution is -1.96. The van der Waals surface area contributed by atoms with E-state index in [0.29, 0.717) is 45.7 Å². The fourth-order valence-electron chi connectivity index (χ4n) is 2.64. The average molecular weight is 411 g/mol. The fourth-order valence-corrected chi connectivity index (χ4v) is 3.76. The molecule has 0 aliphatic rings. The molecule has 0 bridgehead atoms. The molecule has 9 heteroatoms. The first-order valence-corrected chi connectivity index (χ1v) is 9.11. The minimum atomic E-state index is 0.335. The Morgan fingerprint density at radius 2 is 1.81 bits per heavy atom. The van der Waals surface area contributed by atoms with Gasteiger partial charge in [-0.15, -0.1) is 0 Å². The van der Waals surface area contributed by atoms with Crippen LogP contribution in [0.1, 0.15) is 5.56 Å². The molecule has 0 atom stereocenters. The van der Waals surface area contributed by atoms with Crippen molar-refractivity contribution in [3.8, 4) is 17.2 Å². The molecule has 1 aromatic heterocycles. The Balaban J connectivity index is 1.99. The van der Waals surface area contributed by atoms with Gasteiger partial charge in [0.05, 0.1) is 33.0 Å². The smallest absolute Gasteiger partial charge is 0.191 e. The number of aromatic nitrogens is 1. The van der Waals surface area contributed by atoms with E-state index in [0.717, 1.165) is 10.5 Å². The average Bonchev–Trinajstić information content (AvgIpc) is 3.09. The first kappa shape index (κ1) is 19.5. The summed E-state index contributed by atoms with van der Waals surface area (Å²) in [5.41, 5.74) is 1.30. The van der Waals surface area contributed by atoms with Crippen LogP contribution < -0.4 is 18.9 Å². The van der Waals surface area contributed by atoms with Gasteiger partial charge in [-0.05, 0) is 30.1 Å². The maximum absolute atomic E-state index is 6.46. The van der Waals surface area contributed by atoms with Crippen LogP contribution in [0.5, 0.6) is 17.2 Å². The van der Waals surface area contributed by atoms with E-state index in [2.05, 4.69) is 9.88 Å². The topological polar surface area (TPSA) is 75.0 Å². The summed E-state index contributed by atoms with van der Waals surface area (Å²) in [7, 11) is 6.34. The minimum absolute atomic E-state index is 0.335. The second kappa shape index (κ2) is 8.60. The maximum atomic E-state index is 6.46. The molecule has 0 fully saturated rings. The molecule has 0 saturated heterocycles. The molecule has 7 nitrogen and oxygen atoms in total. The highest BCUT2D eigenvalue weighted by Gasteiger charge is 2.21. The zero-order valence-electron chi connectivity index (χ0n) is 15.3. The van der Waals surface area contributed by atoms with Gasteiger partial charge < -0.3 is 28.2 Å². The first-order valence-electron chi connectivity index (χ1n) is 7.92. The molecule has 0 aliphatic carbocycles. The number of ether oxygens (including phenoxy) is 4. The third kappa shape index (κ3) is 3.73. The van der Waals surface area contributed by atoms with Crippen molar-refractivity contribution < 1.29 is 23.5 Å². The van der Waals surface area contributed by atoms with Crippen molar-refractivity contribution in [1.82, 2.24) is 5.16 Å².